The summed E-state index contributed by atoms with van der Waals surface area (Å²) in [5, 5.41) is 3.47. The van der Waals surface area contributed by atoms with Crippen LogP contribution in [-0.4, -0.2) is 12.5 Å². The first-order valence-electron chi connectivity index (χ1n) is 6.28. The normalized spacial score (nSPS) is 11.9. The van der Waals surface area contributed by atoms with E-state index >= 15 is 0 Å². The van der Waals surface area contributed by atoms with E-state index in [9.17, 15) is 4.79 Å². The molecule has 1 amide bonds. The lowest BCUT2D eigenvalue weighted by Gasteiger charge is -2.12. The highest BCUT2D eigenvalue weighted by Gasteiger charge is 2.12. The topological polar surface area (TPSA) is 51.5 Å². The van der Waals surface area contributed by atoms with Gasteiger partial charge >= 0.3 is 0 Å². The van der Waals surface area contributed by atoms with Gasteiger partial charge in [-0.2, -0.15) is 0 Å². The molecule has 0 aliphatic heterocycles. The van der Waals surface area contributed by atoms with Gasteiger partial charge in [-0.15, -0.1) is 0 Å². The summed E-state index contributed by atoms with van der Waals surface area (Å²) in [6.45, 7) is 3.68. The van der Waals surface area contributed by atoms with Gasteiger partial charge in [-0.25, -0.2) is 0 Å². The molecule has 4 nitrogen and oxygen atoms in total. The molecule has 0 aliphatic rings. The highest BCUT2D eigenvalue weighted by atomic mass is 35.5. The monoisotopic (exact) mass is 293 g/mol. The molecule has 20 heavy (non-hydrogen) atoms. The smallest absolute Gasteiger partial charge is 0.258 e. The SMILES string of the molecule is Cc1cc(OCC(=O)N[C@H](C)c2ccco2)ccc1Cl. The van der Waals surface area contributed by atoms with Gasteiger partial charge in [-0.05, 0) is 49.7 Å². The molecule has 1 aromatic heterocycles. The fraction of sp³-hybridized carbons (Fsp3) is 0.267. The number of carbonyl (C=O) groups excluding carboxylic acids is 1. The predicted octanol–water partition coefficient (Wildman–Crippen LogP) is 3.50. The van der Waals surface area contributed by atoms with E-state index in [1.165, 1.54) is 0 Å². The van der Waals surface area contributed by atoms with Crippen LogP contribution in [0.4, 0.5) is 0 Å². The van der Waals surface area contributed by atoms with Crippen LogP contribution >= 0.6 is 11.6 Å². The largest absolute Gasteiger partial charge is 0.484 e. The standard InChI is InChI=1S/C15H16ClNO3/c1-10-8-12(5-6-13(10)16)20-9-15(18)17-11(2)14-4-3-7-19-14/h3-8,11H,9H2,1-2H3,(H,17,18)/t11-/m1/s1. The fourth-order valence-corrected chi connectivity index (χ4v) is 1.87. The van der Waals surface area contributed by atoms with Gasteiger partial charge in [0, 0.05) is 5.02 Å². The van der Waals surface area contributed by atoms with Gasteiger partial charge in [0.1, 0.15) is 11.5 Å². The number of carbonyl (C=O) groups is 1. The molecule has 1 atom stereocenters. The lowest BCUT2D eigenvalue weighted by Crippen LogP contribution is -2.31. The van der Waals surface area contributed by atoms with Gasteiger partial charge < -0.3 is 14.5 Å². The van der Waals surface area contributed by atoms with Crippen molar-refractivity contribution in [2.24, 2.45) is 0 Å². The van der Waals surface area contributed by atoms with Crippen LogP contribution in [0.2, 0.25) is 5.02 Å². The Morgan fingerprint density at radius 3 is 2.90 bits per heavy atom. The lowest BCUT2D eigenvalue weighted by molar-refractivity contribution is -0.123. The van der Waals surface area contributed by atoms with Crippen molar-refractivity contribution in [3.8, 4) is 5.75 Å². The number of ether oxygens (including phenoxy) is 1. The molecular formula is C15H16ClNO3. The van der Waals surface area contributed by atoms with E-state index < -0.39 is 0 Å². The maximum atomic E-state index is 11.8. The quantitative estimate of drug-likeness (QED) is 0.918. The summed E-state index contributed by atoms with van der Waals surface area (Å²) < 4.78 is 10.6. The minimum absolute atomic E-state index is 0.0495. The van der Waals surface area contributed by atoms with E-state index in [-0.39, 0.29) is 18.6 Å². The predicted molar refractivity (Wildman–Crippen MR) is 76.9 cm³/mol. The van der Waals surface area contributed by atoms with Crippen molar-refractivity contribution < 1.29 is 13.9 Å². The maximum absolute atomic E-state index is 11.8. The Kier molecular flexibility index (Phi) is 4.69. The molecule has 0 unspecified atom stereocenters. The zero-order valence-electron chi connectivity index (χ0n) is 11.4. The molecule has 106 valence electrons. The number of aryl methyl sites for hydroxylation is 1. The first-order valence-corrected chi connectivity index (χ1v) is 6.66. The first kappa shape index (κ1) is 14.5. The number of rotatable bonds is 5. The lowest BCUT2D eigenvalue weighted by atomic mass is 10.2. The second-order valence-corrected chi connectivity index (χ2v) is 4.91. The zero-order chi connectivity index (χ0) is 14.5. The molecule has 0 saturated heterocycles. The zero-order valence-corrected chi connectivity index (χ0v) is 12.1. The minimum Gasteiger partial charge on any atom is -0.484 e. The molecule has 0 fully saturated rings. The number of hydrogen-bond acceptors (Lipinski definition) is 3. The van der Waals surface area contributed by atoms with E-state index in [0.717, 1.165) is 5.56 Å². The molecular weight excluding hydrogens is 278 g/mol. The third kappa shape index (κ3) is 3.78. The second-order valence-electron chi connectivity index (χ2n) is 4.50. The van der Waals surface area contributed by atoms with Crippen molar-refractivity contribution in [1.29, 1.82) is 0 Å². The average molecular weight is 294 g/mol. The number of nitrogens with one attached hydrogen (secondary N) is 1. The third-order valence-electron chi connectivity index (χ3n) is 2.85. The van der Waals surface area contributed by atoms with Crippen LogP contribution in [0, 0.1) is 6.92 Å². The van der Waals surface area contributed by atoms with Gasteiger partial charge in [0.15, 0.2) is 6.61 Å². The Bertz CT molecular complexity index is 581. The van der Waals surface area contributed by atoms with E-state index in [1.807, 2.05) is 19.9 Å². The van der Waals surface area contributed by atoms with Crippen LogP contribution in [0.15, 0.2) is 41.0 Å². The Balaban J connectivity index is 1.84. The molecule has 5 heteroatoms. The average Bonchev–Trinajstić information content (AvgIpc) is 2.94. The number of furan rings is 1. The van der Waals surface area contributed by atoms with Crippen LogP contribution in [0.3, 0.4) is 0 Å². The Labute approximate surface area is 122 Å². The summed E-state index contributed by atoms with van der Waals surface area (Å²) in [7, 11) is 0. The molecule has 0 saturated carbocycles. The highest BCUT2D eigenvalue weighted by molar-refractivity contribution is 6.31. The number of amides is 1. The molecule has 0 bridgehead atoms. The number of halogens is 1. The molecule has 1 heterocycles. The van der Waals surface area contributed by atoms with Crippen molar-refractivity contribution in [1.82, 2.24) is 5.32 Å². The van der Waals surface area contributed by atoms with E-state index in [0.29, 0.717) is 16.5 Å². The summed E-state index contributed by atoms with van der Waals surface area (Å²) in [4.78, 5) is 11.8. The Morgan fingerprint density at radius 1 is 1.45 bits per heavy atom. The first-order chi connectivity index (χ1) is 9.56. The second kappa shape index (κ2) is 6.48. The van der Waals surface area contributed by atoms with Gasteiger partial charge in [0.25, 0.3) is 5.91 Å². The summed E-state index contributed by atoms with van der Waals surface area (Å²) >= 11 is 5.92. The summed E-state index contributed by atoms with van der Waals surface area (Å²) in [6, 6.07) is 8.69. The molecule has 2 rings (SSSR count). The third-order valence-corrected chi connectivity index (χ3v) is 3.27. The van der Waals surface area contributed by atoms with Crippen LogP contribution in [0.1, 0.15) is 24.3 Å². The van der Waals surface area contributed by atoms with Gasteiger partial charge in [0.2, 0.25) is 0 Å². The number of hydrogen-bond donors (Lipinski definition) is 1. The molecule has 2 aromatic rings. The van der Waals surface area contributed by atoms with Crippen LogP contribution in [0.25, 0.3) is 0 Å². The Morgan fingerprint density at radius 2 is 2.25 bits per heavy atom. The van der Waals surface area contributed by atoms with E-state index in [2.05, 4.69) is 5.32 Å². The maximum Gasteiger partial charge on any atom is 0.258 e. The number of benzene rings is 1. The summed E-state index contributed by atoms with van der Waals surface area (Å²) in [5.41, 5.74) is 0.911. The van der Waals surface area contributed by atoms with E-state index in [1.54, 1.807) is 30.5 Å². The molecule has 0 radical (unpaired) electrons. The molecule has 1 aromatic carbocycles. The minimum atomic E-state index is -0.207. The fourth-order valence-electron chi connectivity index (χ4n) is 1.75. The highest BCUT2D eigenvalue weighted by Crippen LogP contribution is 2.21. The van der Waals surface area contributed by atoms with Crippen molar-refractivity contribution in [2.45, 2.75) is 19.9 Å². The van der Waals surface area contributed by atoms with Crippen molar-refractivity contribution in [3.63, 3.8) is 0 Å². The van der Waals surface area contributed by atoms with Crippen molar-refractivity contribution in [3.05, 3.63) is 52.9 Å². The van der Waals surface area contributed by atoms with Gasteiger partial charge in [0.05, 0.1) is 12.3 Å². The van der Waals surface area contributed by atoms with Crippen molar-refractivity contribution in [2.75, 3.05) is 6.61 Å². The van der Waals surface area contributed by atoms with Crippen LogP contribution in [0.5, 0.6) is 5.75 Å². The van der Waals surface area contributed by atoms with Crippen LogP contribution in [-0.2, 0) is 4.79 Å². The van der Waals surface area contributed by atoms with Crippen LogP contribution < -0.4 is 10.1 Å². The van der Waals surface area contributed by atoms with Gasteiger partial charge in [-0.1, -0.05) is 11.6 Å². The molecule has 1 N–H and O–H groups in total. The summed E-state index contributed by atoms with van der Waals surface area (Å²) in [6.07, 6.45) is 1.57. The van der Waals surface area contributed by atoms with Crippen molar-refractivity contribution >= 4 is 17.5 Å². The molecule has 0 aliphatic carbocycles. The summed E-state index contributed by atoms with van der Waals surface area (Å²) in [5.74, 6) is 1.12. The Hall–Kier alpha value is -1.94. The van der Waals surface area contributed by atoms with E-state index in [4.69, 9.17) is 20.8 Å². The van der Waals surface area contributed by atoms with Gasteiger partial charge in [-0.3, -0.25) is 4.79 Å². The molecule has 0 spiro atoms.